The lowest BCUT2D eigenvalue weighted by Gasteiger charge is -2.42. The molecule has 0 amide bonds. The number of hydrogen-bond acceptors (Lipinski definition) is 8. The number of hydrogen-bond donors (Lipinski definition) is 2. The van der Waals surface area contributed by atoms with Gasteiger partial charge in [0.1, 0.15) is 5.82 Å². The molecule has 4 aromatic rings. The van der Waals surface area contributed by atoms with Crippen LogP contribution in [0.3, 0.4) is 0 Å². The van der Waals surface area contributed by atoms with Crippen molar-refractivity contribution in [2.75, 3.05) is 23.7 Å². The molecule has 4 aromatic heterocycles. The largest absolute Gasteiger partial charge is 0.382 e. The van der Waals surface area contributed by atoms with Crippen molar-refractivity contribution in [3.05, 3.63) is 65.5 Å². The third-order valence-corrected chi connectivity index (χ3v) is 8.57. The molecule has 0 bridgehead atoms. The summed E-state index contributed by atoms with van der Waals surface area (Å²) < 4.78 is 2.05. The Morgan fingerprint density at radius 1 is 1.03 bits per heavy atom. The van der Waals surface area contributed by atoms with Gasteiger partial charge in [0.2, 0.25) is 5.95 Å². The molecule has 0 saturated carbocycles. The molecular weight excluding hydrogens is 456 g/mol. The van der Waals surface area contributed by atoms with E-state index in [-0.39, 0.29) is 11.5 Å². The molecule has 1 spiro atoms. The first-order valence-electron chi connectivity index (χ1n) is 10.9. The Morgan fingerprint density at radius 2 is 1.88 bits per heavy atom. The summed E-state index contributed by atoms with van der Waals surface area (Å²) in [5, 5.41) is 0.446. The van der Waals surface area contributed by atoms with Crippen molar-refractivity contribution in [3.8, 4) is 0 Å². The highest BCUT2D eigenvalue weighted by atomic mass is 35.5. The Morgan fingerprint density at radius 3 is 2.70 bits per heavy atom. The van der Waals surface area contributed by atoms with Crippen LogP contribution in [-0.4, -0.2) is 37.4 Å². The first-order chi connectivity index (χ1) is 16.1. The van der Waals surface area contributed by atoms with Gasteiger partial charge < -0.3 is 16.4 Å². The zero-order valence-corrected chi connectivity index (χ0v) is 19.4. The Bertz CT molecular complexity index is 1350. The maximum Gasteiger partial charge on any atom is 0.211 e. The van der Waals surface area contributed by atoms with Crippen molar-refractivity contribution in [2.45, 2.75) is 35.1 Å². The summed E-state index contributed by atoms with van der Waals surface area (Å²) in [7, 11) is 0. The quantitative estimate of drug-likeness (QED) is 0.458. The van der Waals surface area contributed by atoms with Crippen LogP contribution in [0.15, 0.2) is 59.1 Å². The topological polar surface area (TPSA) is 111 Å². The summed E-state index contributed by atoms with van der Waals surface area (Å²) in [6.45, 7) is 1.79. The van der Waals surface area contributed by atoms with Crippen molar-refractivity contribution >= 4 is 40.8 Å². The maximum absolute atomic E-state index is 6.73. The lowest BCUT2D eigenvalue weighted by molar-refractivity contribution is 0.186. The maximum atomic E-state index is 6.73. The highest BCUT2D eigenvalue weighted by Crippen LogP contribution is 2.50. The molecule has 10 heteroatoms. The van der Waals surface area contributed by atoms with Crippen molar-refractivity contribution in [1.29, 1.82) is 0 Å². The number of nitrogens with two attached hydrogens (primary N) is 2. The summed E-state index contributed by atoms with van der Waals surface area (Å²) in [4.78, 5) is 21.8. The van der Waals surface area contributed by atoms with Gasteiger partial charge in [-0.2, -0.15) is 0 Å². The van der Waals surface area contributed by atoms with Crippen LogP contribution in [0.4, 0.5) is 11.8 Å². The zero-order chi connectivity index (χ0) is 22.6. The molecule has 8 nitrogen and oxygen atoms in total. The smallest absolute Gasteiger partial charge is 0.211 e. The third-order valence-electron chi connectivity index (χ3n) is 7.00. The standard InChI is InChI=1S/C23H23ClN8S/c24-18-16(2-6-28-20(18)26)33-17-13-30-22(32-10-7-29-21(17)32)31-8-3-23(4-9-31)11-14-12-27-5-1-15(14)19(23)25/h1-2,5-7,10,12-13,19H,3-4,8-9,11,25H2,(H2,26,28). The number of halogens is 1. The molecule has 1 fully saturated rings. The summed E-state index contributed by atoms with van der Waals surface area (Å²) in [5.41, 5.74) is 16.1. The van der Waals surface area contributed by atoms with E-state index >= 15 is 0 Å². The molecule has 1 atom stereocenters. The molecule has 1 unspecified atom stereocenters. The van der Waals surface area contributed by atoms with Crippen LogP contribution in [-0.2, 0) is 6.42 Å². The number of nitrogens with zero attached hydrogens (tertiary/aromatic N) is 6. The van der Waals surface area contributed by atoms with Crippen LogP contribution in [0.25, 0.3) is 5.65 Å². The first-order valence-corrected chi connectivity index (χ1v) is 12.1. The van der Waals surface area contributed by atoms with Crippen molar-refractivity contribution in [1.82, 2.24) is 24.3 Å². The number of pyridine rings is 2. The zero-order valence-electron chi connectivity index (χ0n) is 17.9. The van der Waals surface area contributed by atoms with Crippen LogP contribution < -0.4 is 16.4 Å². The predicted octanol–water partition coefficient (Wildman–Crippen LogP) is 3.75. The number of piperidine rings is 1. The molecular formula is C23H23ClN8S. The van der Waals surface area contributed by atoms with Crippen molar-refractivity contribution < 1.29 is 0 Å². The second kappa shape index (κ2) is 7.86. The van der Waals surface area contributed by atoms with Gasteiger partial charge in [-0.05, 0) is 47.9 Å². The van der Waals surface area contributed by atoms with Gasteiger partial charge in [0.15, 0.2) is 5.65 Å². The number of aromatic nitrogens is 5. The Kier molecular flexibility index (Phi) is 4.93. The van der Waals surface area contributed by atoms with Gasteiger partial charge in [0.05, 0.1) is 9.92 Å². The number of fused-ring (bicyclic) bond motifs is 2. The molecule has 5 heterocycles. The molecule has 1 saturated heterocycles. The van der Waals surface area contributed by atoms with Gasteiger partial charge in [-0.1, -0.05) is 23.4 Å². The van der Waals surface area contributed by atoms with E-state index in [1.165, 1.54) is 22.9 Å². The van der Waals surface area contributed by atoms with E-state index in [9.17, 15) is 0 Å². The van der Waals surface area contributed by atoms with Gasteiger partial charge in [0.25, 0.3) is 0 Å². The second-order valence-corrected chi connectivity index (χ2v) is 10.2. The Hall–Kier alpha value is -2.88. The first kappa shape index (κ1) is 20.7. The van der Waals surface area contributed by atoms with Gasteiger partial charge >= 0.3 is 0 Å². The van der Waals surface area contributed by atoms with E-state index < -0.39 is 0 Å². The van der Waals surface area contributed by atoms with Crippen LogP contribution in [0, 0.1) is 5.41 Å². The van der Waals surface area contributed by atoms with Crippen LogP contribution >= 0.6 is 23.4 Å². The average Bonchev–Trinajstić information content (AvgIpc) is 3.42. The molecule has 0 aromatic carbocycles. The van der Waals surface area contributed by atoms with Crippen molar-refractivity contribution in [2.24, 2.45) is 11.1 Å². The predicted molar refractivity (Wildman–Crippen MR) is 130 cm³/mol. The van der Waals surface area contributed by atoms with E-state index in [1.807, 2.05) is 35.3 Å². The van der Waals surface area contributed by atoms with Crippen molar-refractivity contribution in [3.63, 3.8) is 0 Å². The lowest BCUT2D eigenvalue weighted by atomic mass is 9.73. The molecule has 168 valence electrons. The van der Waals surface area contributed by atoms with Gasteiger partial charge in [0, 0.05) is 61.2 Å². The second-order valence-electron chi connectivity index (χ2n) is 8.73. The highest BCUT2D eigenvalue weighted by Gasteiger charge is 2.46. The molecule has 33 heavy (non-hydrogen) atoms. The number of nitrogen functional groups attached to an aromatic ring is 1. The molecule has 1 aliphatic heterocycles. The van der Waals surface area contributed by atoms with E-state index in [0.29, 0.717) is 10.8 Å². The molecule has 6 rings (SSSR count). The van der Waals surface area contributed by atoms with Gasteiger partial charge in [-0.25, -0.2) is 15.0 Å². The Labute approximate surface area is 200 Å². The lowest BCUT2D eigenvalue weighted by Crippen LogP contribution is -2.45. The monoisotopic (exact) mass is 478 g/mol. The van der Waals surface area contributed by atoms with E-state index in [1.54, 1.807) is 12.4 Å². The summed E-state index contributed by atoms with van der Waals surface area (Å²) in [6.07, 6.45) is 14.1. The highest BCUT2D eigenvalue weighted by molar-refractivity contribution is 7.99. The molecule has 2 aliphatic rings. The SMILES string of the molecule is Nc1nccc(Sc2cnc(N3CCC4(CC3)Cc3cnccc3C4N)n3ccnc23)c1Cl. The Balaban J connectivity index is 1.25. The van der Waals surface area contributed by atoms with E-state index in [2.05, 4.69) is 25.9 Å². The number of rotatable bonds is 3. The molecule has 1 aliphatic carbocycles. The van der Waals surface area contributed by atoms with Crippen LogP contribution in [0.1, 0.15) is 30.0 Å². The van der Waals surface area contributed by atoms with E-state index in [4.69, 9.17) is 28.1 Å². The average molecular weight is 479 g/mol. The van der Waals surface area contributed by atoms with Gasteiger partial charge in [-0.3, -0.25) is 9.38 Å². The third kappa shape index (κ3) is 3.34. The summed E-state index contributed by atoms with van der Waals surface area (Å²) in [6, 6.07) is 3.99. The van der Waals surface area contributed by atoms with Crippen LogP contribution in [0.5, 0.6) is 0 Å². The minimum Gasteiger partial charge on any atom is -0.382 e. The fraction of sp³-hybridized carbons (Fsp3) is 0.304. The molecule has 4 N–H and O–H groups in total. The van der Waals surface area contributed by atoms with Crippen LogP contribution in [0.2, 0.25) is 5.02 Å². The fourth-order valence-corrected chi connectivity index (χ4v) is 6.31. The van der Waals surface area contributed by atoms with E-state index in [0.717, 1.165) is 53.7 Å². The normalized spacial score (nSPS) is 19.3. The summed E-state index contributed by atoms with van der Waals surface area (Å²) >= 11 is 7.84. The number of imidazole rings is 1. The minimum atomic E-state index is 0.0650. The summed E-state index contributed by atoms with van der Waals surface area (Å²) in [5.74, 6) is 1.21. The minimum absolute atomic E-state index is 0.0650. The molecule has 0 radical (unpaired) electrons. The fourth-order valence-electron chi connectivity index (χ4n) is 5.18. The number of anilines is 2. The van der Waals surface area contributed by atoms with Gasteiger partial charge in [-0.15, -0.1) is 0 Å².